The number of hydrogen-bond donors (Lipinski definition) is 0. The molecule has 0 atom stereocenters. The minimum Gasteiger partial charge on any atom is -0.333 e. The predicted molar refractivity (Wildman–Crippen MR) is 67.3 cm³/mol. The topological polar surface area (TPSA) is 44.1 Å². The van der Waals surface area contributed by atoms with Gasteiger partial charge in [-0.05, 0) is 38.1 Å². The van der Waals surface area contributed by atoms with Crippen LogP contribution in [0, 0.1) is 16.7 Å². The van der Waals surface area contributed by atoms with Gasteiger partial charge in [-0.1, -0.05) is 6.07 Å². The largest absolute Gasteiger partial charge is 0.333 e. The van der Waals surface area contributed by atoms with Crippen LogP contribution in [-0.4, -0.2) is 16.8 Å². The zero-order valence-corrected chi connectivity index (χ0v) is 11.0. The predicted octanol–water partition coefficient (Wildman–Crippen LogP) is 2.79. The van der Waals surface area contributed by atoms with Gasteiger partial charge in [-0.3, -0.25) is 4.79 Å². The van der Waals surface area contributed by atoms with Crippen LogP contribution in [0.3, 0.4) is 0 Å². The molecular formula is C13H16N2OS. The molecule has 1 aliphatic rings. The number of thiophene rings is 1. The van der Waals surface area contributed by atoms with E-state index in [9.17, 15) is 4.79 Å². The van der Waals surface area contributed by atoms with Crippen LogP contribution in [0.2, 0.25) is 0 Å². The van der Waals surface area contributed by atoms with Crippen molar-refractivity contribution in [2.75, 3.05) is 0 Å². The molecular weight excluding hydrogens is 232 g/mol. The Kier molecular flexibility index (Phi) is 3.21. The maximum absolute atomic E-state index is 12.3. The Bertz CT molecular complexity index is 440. The lowest BCUT2D eigenvalue weighted by molar-refractivity contribution is -0.138. The van der Waals surface area contributed by atoms with Gasteiger partial charge in [0.05, 0.1) is 12.6 Å². The highest BCUT2D eigenvalue weighted by Crippen LogP contribution is 2.32. The second-order valence-corrected chi connectivity index (χ2v) is 6.01. The highest BCUT2D eigenvalue weighted by Gasteiger charge is 2.39. The van der Waals surface area contributed by atoms with Crippen LogP contribution in [0.5, 0.6) is 0 Å². The van der Waals surface area contributed by atoms with Crippen LogP contribution in [0.4, 0.5) is 0 Å². The van der Waals surface area contributed by atoms with E-state index in [1.54, 1.807) is 25.2 Å². The van der Waals surface area contributed by atoms with Gasteiger partial charge in [-0.25, -0.2) is 0 Å². The van der Waals surface area contributed by atoms with Crippen molar-refractivity contribution in [3.63, 3.8) is 0 Å². The molecule has 1 aliphatic carbocycles. The Morgan fingerprint density at radius 3 is 2.82 bits per heavy atom. The van der Waals surface area contributed by atoms with Gasteiger partial charge in [-0.15, -0.1) is 11.3 Å². The Morgan fingerprint density at radius 1 is 1.65 bits per heavy atom. The first kappa shape index (κ1) is 12.1. The van der Waals surface area contributed by atoms with Gasteiger partial charge in [0.1, 0.15) is 5.41 Å². The van der Waals surface area contributed by atoms with E-state index in [-0.39, 0.29) is 5.91 Å². The van der Waals surface area contributed by atoms with Gasteiger partial charge in [0.2, 0.25) is 5.91 Å². The summed E-state index contributed by atoms with van der Waals surface area (Å²) in [6.45, 7) is 4.03. The number of nitrogens with zero attached hydrogens (tertiary/aromatic N) is 2. The van der Waals surface area contributed by atoms with Crippen LogP contribution in [-0.2, 0) is 11.3 Å². The first-order valence-corrected chi connectivity index (χ1v) is 6.67. The van der Waals surface area contributed by atoms with Crippen LogP contribution >= 0.6 is 11.3 Å². The number of carbonyl (C=O) groups is 1. The van der Waals surface area contributed by atoms with Crippen LogP contribution in [0.25, 0.3) is 0 Å². The first-order valence-electron chi connectivity index (χ1n) is 5.79. The van der Waals surface area contributed by atoms with Gasteiger partial charge in [0.25, 0.3) is 0 Å². The minimum absolute atomic E-state index is 0.0455. The summed E-state index contributed by atoms with van der Waals surface area (Å²) >= 11 is 1.66. The van der Waals surface area contributed by atoms with Crippen LogP contribution in [0.1, 0.15) is 31.6 Å². The molecule has 4 heteroatoms. The number of amides is 1. The smallest absolute Gasteiger partial charge is 0.243 e. The molecule has 0 radical (unpaired) electrons. The Balaban J connectivity index is 2.13. The van der Waals surface area contributed by atoms with E-state index in [0.717, 1.165) is 12.8 Å². The normalized spacial score (nSPS) is 15.4. The van der Waals surface area contributed by atoms with E-state index in [2.05, 4.69) is 6.07 Å². The summed E-state index contributed by atoms with van der Waals surface area (Å²) in [4.78, 5) is 15.4. The number of nitriles is 1. The maximum atomic E-state index is 12.3. The summed E-state index contributed by atoms with van der Waals surface area (Å²) in [7, 11) is 0. The van der Waals surface area contributed by atoms with Crippen molar-refractivity contribution in [2.24, 2.45) is 5.41 Å². The van der Waals surface area contributed by atoms with Gasteiger partial charge < -0.3 is 4.90 Å². The summed E-state index contributed by atoms with van der Waals surface area (Å²) in [5.74, 6) is -0.0455. The summed E-state index contributed by atoms with van der Waals surface area (Å²) in [5, 5.41) is 11.1. The molecule has 1 amide bonds. The molecule has 1 aromatic rings. The van der Waals surface area contributed by atoms with Crippen LogP contribution < -0.4 is 0 Å². The molecule has 0 spiro atoms. The molecule has 1 saturated carbocycles. The molecule has 1 heterocycles. The lowest BCUT2D eigenvalue weighted by Gasteiger charge is -2.27. The molecule has 90 valence electrons. The van der Waals surface area contributed by atoms with Crippen molar-refractivity contribution >= 4 is 17.2 Å². The molecule has 0 saturated heterocycles. The number of hydrogen-bond acceptors (Lipinski definition) is 3. The van der Waals surface area contributed by atoms with Gasteiger partial charge in [-0.2, -0.15) is 5.26 Å². The fraction of sp³-hybridized carbons (Fsp3) is 0.538. The molecule has 2 rings (SSSR count). The molecule has 3 nitrogen and oxygen atoms in total. The van der Waals surface area contributed by atoms with Crippen molar-refractivity contribution in [3.05, 3.63) is 22.4 Å². The van der Waals surface area contributed by atoms with Crippen molar-refractivity contribution in [2.45, 2.75) is 39.3 Å². The SMILES string of the molecule is CC(C)(C#N)C(=O)N(Cc1cccs1)C1CC1. The maximum Gasteiger partial charge on any atom is 0.243 e. The molecule has 0 aliphatic heterocycles. The van der Waals surface area contributed by atoms with E-state index < -0.39 is 5.41 Å². The van der Waals surface area contributed by atoms with Crippen molar-refractivity contribution in [1.82, 2.24) is 4.90 Å². The number of carbonyl (C=O) groups excluding carboxylic acids is 1. The Hall–Kier alpha value is -1.34. The second kappa shape index (κ2) is 4.50. The van der Waals surface area contributed by atoms with Crippen molar-refractivity contribution in [1.29, 1.82) is 5.26 Å². The third-order valence-electron chi connectivity index (χ3n) is 2.97. The zero-order chi connectivity index (χ0) is 12.5. The Labute approximate surface area is 106 Å². The quantitative estimate of drug-likeness (QED) is 0.822. The fourth-order valence-electron chi connectivity index (χ4n) is 1.73. The van der Waals surface area contributed by atoms with Crippen molar-refractivity contribution < 1.29 is 4.79 Å². The zero-order valence-electron chi connectivity index (χ0n) is 10.1. The third-order valence-corrected chi connectivity index (χ3v) is 3.83. The fourth-order valence-corrected chi connectivity index (χ4v) is 2.43. The monoisotopic (exact) mass is 248 g/mol. The van der Waals surface area contributed by atoms with Crippen LogP contribution in [0.15, 0.2) is 17.5 Å². The third kappa shape index (κ3) is 2.67. The average molecular weight is 248 g/mol. The molecule has 1 aromatic heterocycles. The van der Waals surface area contributed by atoms with E-state index in [4.69, 9.17) is 5.26 Å². The highest BCUT2D eigenvalue weighted by molar-refractivity contribution is 7.09. The van der Waals surface area contributed by atoms with E-state index in [1.807, 2.05) is 22.4 Å². The minimum atomic E-state index is -0.917. The lowest BCUT2D eigenvalue weighted by atomic mass is 9.93. The summed E-state index contributed by atoms with van der Waals surface area (Å²) in [6, 6.07) is 6.47. The number of rotatable bonds is 4. The average Bonchev–Trinajstić information content (AvgIpc) is 3.03. The molecule has 1 fully saturated rings. The molecule has 0 N–H and O–H groups in total. The van der Waals surface area contributed by atoms with Gasteiger partial charge in [0.15, 0.2) is 0 Å². The molecule has 0 unspecified atom stereocenters. The second-order valence-electron chi connectivity index (χ2n) is 4.98. The summed E-state index contributed by atoms with van der Waals surface area (Å²) < 4.78 is 0. The molecule has 0 aromatic carbocycles. The van der Waals surface area contributed by atoms with E-state index >= 15 is 0 Å². The summed E-state index contributed by atoms with van der Waals surface area (Å²) in [6.07, 6.45) is 2.14. The van der Waals surface area contributed by atoms with E-state index in [0.29, 0.717) is 12.6 Å². The molecule has 0 bridgehead atoms. The first-order chi connectivity index (χ1) is 8.04. The lowest BCUT2D eigenvalue weighted by Crippen LogP contribution is -2.41. The summed E-state index contributed by atoms with van der Waals surface area (Å²) in [5.41, 5.74) is -0.917. The molecule has 17 heavy (non-hydrogen) atoms. The van der Waals surface area contributed by atoms with E-state index in [1.165, 1.54) is 4.88 Å². The van der Waals surface area contributed by atoms with Gasteiger partial charge in [0, 0.05) is 10.9 Å². The standard InChI is InChI=1S/C13H16N2OS/c1-13(2,9-14)12(16)15(10-5-6-10)8-11-4-3-7-17-11/h3-4,7,10H,5-6,8H2,1-2H3. The van der Waals surface area contributed by atoms with Crippen molar-refractivity contribution in [3.8, 4) is 6.07 Å². The highest BCUT2D eigenvalue weighted by atomic mass is 32.1. The Morgan fingerprint density at radius 2 is 2.35 bits per heavy atom. The van der Waals surface area contributed by atoms with Gasteiger partial charge >= 0.3 is 0 Å².